The summed E-state index contributed by atoms with van der Waals surface area (Å²) in [6.07, 6.45) is 2.87. The molecule has 0 aromatic heterocycles. The molecule has 0 bridgehead atoms. The average Bonchev–Trinajstić information content (AvgIpc) is 2.62. The smallest absolute Gasteiger partial charge is 0.190 e. The lowest BCUT2D eigenvalue weighted by Crippen LogP contribution is -2.42. The molecule has 1 aromatic carbocycles. The van der Waals surface area contributed by atoms with Gasteiger partial charge < -0.3 is 15.4 Å². The van der Waals surface area contributed by atoms with E-state index < -0.39 is 9.84 Å². The van der Waals surface area contributed by atoms with Crippen LogP contribution >= 0.6 is 24.0 Å². The Morgan fingerprint density at radius 3 is 2.32 bits per heavy atom. The normalized spacial score (nSPS) is 13.4. The number of benzene rings is 1. The first-order valence-electron chi connectivity index (χ1n) is 9.32. The van der Waals surface area contributed by atoms with Crippen molar-refractivity contribution in [2.24, 2.45) is 10.4 Å². The Morgan fingerprint density at radius 1 is 1.21 bits per heavy atom. The molecule has 1 rings (SSSR count). The van der Waals surface area contributed by atoms with Crippen LogP contribution in [0.2, 0.25) is 0 Å². The fraction of sp³-hybridized carbons (Fsp3) is 0.650. The number of aliphatic imine (C=N–C) groups is 1. The molecule has 162 valence electrons. The van der Waals surface area contributed by atoms with Gasteiger partial charge in [-0.3, -0.25) is 4.99 Å². The van der Waals surface area contributed by atoms with Gasteiger partial charge in [0.1, 0.15) is 15.6 Å². The van der Waals surface area contributed by atoms with E-state index in [1.54, 1.807) is 14.2 Å². The van der Waals surface area contributed by atoms with E-state index in [-0.39, 0.29) is 35.1 Å². The maximum absolute atomic E-state index is 11.4. The highest BCUT2D eigenvalue weighted by atomic mass is 127. The predicted octanol–water partition coefficient (Wildman–Crippen LogP) is 3.43. The third-order valence-electron chi connectivity index (χ3n) is 4.66. The Balaban J connectivity index is 0.00000729. The number of nitrogens with zero attached hydrogens (tertiary/aromatic N) is 1. The maximum Gasteiger partial charge on any atom is 0.190 e. The zero-order valence-electron chi connectivity index (χ0n) is 17.9. The summed E-state index contributed by atoms with van der Waals surface area (Å²) in [5, 5.41) is 6.64. The van der Waals surface area contributed by atoms with Crippen LogP contribution in [-0.2, 0) is 9.84 Å². The van der Waals surface area contributed by atoms with Crippen molar-refractivity contribution < 1.29 is 13.2 Å². The Kier molecular flexibility index (Phi) is 12.1. The lowest BCUT2D eigenvalue weighted by Gasteiger charge is -2.26. The Morgan fingerprint density at radius 2 is 1.82 bits per heavy atom. The summed E-state index contributed by atoms with van der Waals surface area (Å²) in [5.74, 6) is 2.23. The Bertz CT molecular complexity index is 704. The molecule has 0 aliphatic rings. The Hall–Kier alpha value is -1.03. The molecule has 0 radical (unpaired) electrons. The van der Waals surface area contributed by atoms with E-state index in [0.717, 1.165) is 24.7 Å². The first-order valence-corrected chi connectivity index (χ1v) is 11.4. The van der Waals surface area contributed by atoms with Crippen LogP contribution in [0.15, 0.2) is 29.3 Å². The molecule has 28 heavy (non-hydrogen) atoms. The monoisotopic (exact) mass is 525 g/mol. The van der Waals surface area contributed by atoms with Crippen LogP contribution in [0.1, 0.15) is 45.1 Å². The summed E-state index contributed by atoms with van der Waals surface area (Å²) in [4.78, 5) is 4.25. The van der Waals surface area contributed by atoms with Crippen LogP contribution in [-0.4, -0.2) is 53.6 Å². The molecule has 1 aromatic rings. The van der Waals surface area contributed by atoms with E-state index >= 15 is 0 Å². The lowest BCUT2D eigenvalue weighted by molar-refractivity contribution is 0.348. The summed E-state index contributed by atoms with van der Waals surface area (Å²) >= 11 is 0. The van der Waals surface area contributed by atoms with Crippen LogP contribution in [0.5, 0.6) is 5.75 Å². The van der Waals surface area contributed by atoms with Gasteiger partial charge in [0, 0.05) is 26.4 Å². The molecule has 0 saturated heterocycles. The highest BCUT2D eigenvalue weighted by Crippen LogP contribution is 2.21. The number of nitrogens with one attached hydrogen (secondary N) is 2. The third-order valence-corrected chi connectivity index (χ3v) is 5.61. The van der Waals surface area contributed by atoms with Gasteiger partial charge in [-0.1, -0.05) is 32.9 Å². The molecule has 2 N–H and O–H groups in total. The van der Waals surface area contributed by atoms with E-state index in [9.17, 15) is 8.42 Å². The van der Waals surface area contributed by atoms with Crippen molar-refractivity contribution in [1.29, 1.82) is 0 Å². The Labute approximate surface area is 187 Å². The zero-order chi connectivity index (χ0) is 20.5. The van der Waals surface area contributed by atoms with Crippen molar-refractivity contribution in [1.82, 2.24) is 10.6 Å². The van der Waals surface area contributed by atoms with Gasteiger partial charge >= 0.3 is 0 Å². The van der Waals surface area contributed by atoms with Gasteiger partial charge in [-0.15, -0.1) is 24.0 Å². The van der Waals surface area contributed by atoms with E-state index in [2.05, 4.69) is 48.5 Å². The minimum Gasteiger partial charge on any atom is -0.497 e. The number of guanidine groups is 1. The molecular weight excluding hydrogens is 489 g/mol. The van der Waals surface area contributed by atoms with Gasteiger partial charge in [-0.2, -0.15) is 0 Å². The zero-order valence-corrected chi connectivity index (χ0v) is 21.1. The largest absolute Gasteiger partial charge is 0.497 e. The van der Waals surface area contributed by atoms with Crippen LogP contribution in [0.4, 0.5) is 0 Å². The molecule has 0 heterocycles. The topological polar surface area (TPSA) is 79.8 Å². The molecule has 0 aliphatic carbocycles. The molecule has 0 saturated carbocycles. The van der Waals surface area contributed by atoms with Crippen molar-refractivity contribution in [3.05, 3.63) is 29.8 Å². The fourth-order valence-electron chi connectivity index (χ4n) is 2.60. The van der Waals surface area contributed by atoms with Gasteiger partial charge in [0.25, 0.3) is 0 Å². The van der Waals surface area contributed by atoms with Gasteiger partial charge in [0.15, 0.2) is 5.96 Å². The average molecular weight is 525 g/mol. The van der Waals surface area contributed by atoms with Crippen LogP contribution in [0, 0.1) is 5.41 Å². The van der Waals surface area contributed by atoms with Gasteiger partial charge in [-0.25, -0.2) is 8.42 Å². The number of halogens is 1. The van der Waals surface area contributed by atoms with Crippen LogP contribution < -0.4 is 15.4 Å². The quantitative estimate of drug-likeness (QED) is 0.278. The van der Waals surface area contributed by atoms with Crippen molar-refractivity contribution >= 4 is 39.8 Å². The predicted molar refractivity (Wildman–Crippen MR) is 129 cm³/mol. The fourth-order valence-corrected chi connectivity index (χ4v) is 3.52. The third kappa shape index (κ3) is 11.1. The number of ether oxygens (including phenoxy) is 1. The summed E-state index contributed by atoms with van der Waals surface area (Å²) in [6, 6.07) is 8.17. The van der Waals surface area contributed by atoms with Crippen molar-refractivity contribution in [3.8, 4) is 5.75 Å². The molecule has 0 amide bonds. The van der Waals surface area contributed by atoms with Crippen LogP contribution in [0.25, 0.3) is 0 Å². The minimum absolute atomic E-state index is 0. The molecule has 1 unspecified atom stereocenters. The molecule has 0 spiro atoms. The number of methoxy groups -OCH3 is 1. The first-order chi connectivity index (χ1) is 12.6. The first kappa shape index (κ1) is 27.0. The minimum atomic E-state index is -2.94. The summed E-state index contributed by atoms with van der Waals surface area (Å²) in [5.41, 5.74) is 1.15. The van der Waals surface area contributed by atoms with Gasteiger partial charge in [0.05, 0.1) is 12.9 Å². The highest BCUT2D eigenvalue weighted by molar-refractivity contribution is 14.0. The van der Waals surface area contributed by atoms with Crippen molar-refractivity contribution in [2.45, 2.75) is 39.5 Å². The standard InChI is InChI=1S/C20H35N3O3S.HI/c1-16(17-7-9-18(26-5)10-8-17)11-13-22-19(21-4)23-15-20(2,3)12-14-27(6,24)25;/h7-10,16H,11-15H2,1-6H3,(H2,21,22,23);1H. The SMILES string of the molecule is CN=C(NCCC(C)c1ccc(OC)cc1)NCC(C)(C)CCS(C)(=O)=O.I. The molecular formula is C20H36IN3O3S. The lowest BCUT2D eigenvalue weighted by atomic mass is 9.90. The second-order valence-corrected chi connectivity index (χ2v) is 10.1. The molecule has 1 atom stereocenters. The number of sulfone groups is 1. The van der Waals surface area contributed by atoms with Crippen molar-refractivity contribution in [2.75, 3.05) is 39.3 Å². The van der Waals surface area contributed by atoms with E-state index in [0.29, 0.717) is 18.9 Å². The van der Waals surface area contributed by atoms with Gasteiger partial charge in [-0.05, 0) is 41.9 Å². The summed E-state index contributed by atoms with van der Waals surface area (Å²) < 4.78 is 27.9. The number of hydrogen-bond acceptors (Lipinski definition) is 4. The van der Waals surface area contributed by atoms with Crippen LogP contribution in [0.3, 0.4) is 0 Å². The molecule has 0 aliphatic heterocycles. The molecule has 6 nitrogen and oxygen atoms in total. The van der Waals surface area contributed by atoms with Gasteiger partial charge in [0.2, 0.25) is 0 Å². The number of hydrogen-bond donors (Lipinski definition) is 2. The summed E-state index contributed by atoms with van der Waals surface area (Å²) in [6.45, 7) is 7.79. The van der Waals surface area contributed by atoms with Crippen molar-refractivity contribution in [3.63, 3.8) is 0 Å². The van der Waals surface area contributed by atoms with E-state index in [4.69, 9.17) is 4.74 Å². The van der Waals surface area contributed by atoms with E-state index in [1.807, 2.05) is 12.1 Å². The second-order valence-electron chi connectivity index (χ2n) is 7.86. The molecule has 0 fully saturated rings. The summed E-state index contributed by atoms with van der Waals surface area (Å²) in [7, 11) is 0.474. The number of rotatable bonds is 10. The highest BCUT2D eigenvalue weighted by Gasteiger charge is 2.20. The maximum atomic E-state index is 11.4. The molecule has 8 heteroatoms. The second kappa shape index (κ2) is 12.5. The van der Waals surface area contributed by atoms with E-state index in [1.165, 1.54) is 11.8 Å².